The van der Waals surface area contributed by atoms with E-state index in [9.17, 15) is 0 Å². The highest BCUT2D eigenvalue weighted by Crippen LogP contribution is 2.30. The minimum absolute atomic E-state index is 0.337. The molecule has 0 aromatic heterocycles. The van der Waals surface area contributed by atoms with Crippen molar-refractivity contribution in [2.45, 2.75) is 71.4 Å². The van der Waals surface area contributed by atoms with Crippen LogP contribution in [0, 0.1) is 5.92 Å². The number of hydrogen-bond acceptors (Lipinski definition) is 3. The van der Waals surface area contributed by atoms with Crippen LogP contribution >= 0.6 is 0 Å². The molecule has 0 amide bonds. The maximum atomic E-state index is 8.62. The minimum atomic E-state index is 0.337. The second kappa shape index (κ2) is 7.62. The van der Waals surface area contributed by atoms with Crippen molar-refractivity contribution in [1.82, 2.24) is 4.90 Å². The van der Waals surface area contributed by atoms with Crippen LogP contribution in [0.15, 0.2) is 5.16 Å². The van der Waals surface area contributed by atoms with Crippen LogP contribution < -0.4 is 5.73 Å². The summed E-state index contributed by atoms with van der Waals surface area (Å²) in [5.41, 5.74) is 5.58. The maximum absolute atomic E-state index is 8.62. The van der Waals surface area contributed by atoms with Crippen LogP contribution in [-0.4, -0.2) is 34.6 Å². The van der Waals surface area contributed by atoms with E-state index in [1.54, 1.807) is 0 Å². The van der Waals surface area contributed by atoms with E-state index in [-0.39, 0.29) is 0 Å². The highest BCUT2D eigenvalue weighted by molar-refractivity contribution is 5.79. The molecule has 0 aliphatic heterocycles. The Labute approximate surface area is 111 Å². The first-order chi connectivity index (χ1) is 8.58. The minimum Gasteiger partial charge on any atom is -0.409 e. The topological polar surface area (TPSA) is 61.8 Å². The molecule has 0 aromatic carbocycles. The van der Waals surface area contributed by atoms with Gasteiger partial charge in [-0.2, -0.15) is 0 Å². The summed E-state index contributed by atoms with van der Waals surface area (Å²) in [6.45, 7) is 7.67. The summed E-state index contributed by atoms with van der Waals surface area (Å²) in [6, 6.07) is 1.20. The fourth-order valence-corrected chi connectivity index (χ4v) is 3.09. The average molecular weight is 255 g/mol. The van der Waals surface area contributed by atoms with Gasteiger partial charge in [-0.05, 0) is 32.6 Å². The molecular formula is C14H29N3O. The van der Waals surface area contributed by atoms with E-state index < -0.39 is 0 Å². The second-order valence-corrected chi connectivity index (χ2v) is 5.77. The molecule has 1 aliphatic rings. The van der Waals surface area contributed by atoms with Crippen molar-refractivity contribution in [3.8, 4) is 0 Å². The first-order valence-corrected chi connectivity index (χ1v) is 7.30. The predicted molar refractivity (Wildman–Crippen MR) is 75.9 cm³/mol. The number of amidine groups is 1. The third-order valence-corrected chi connectivity index (χ3v) is 4.22. The first-order valence-electron chi connectivity index (χ1n) is 7.30. The van der Waals surface area contributed by atoms with Crippen LogP contribution in [0.25, 0.3) is 0 Å². The highest BCUT2D eigenvalue weighted by atomic mass is 16.4. The molecule has 4 heteroatoms. The molecule has 106 valence electrons. The van der Waals surface area contributed by atoms with Gasteiger partial charge >= 0.3 is 0 Å². The predicted octanol–water partition coefficient (Wildman–Crippen LogP) is 2.80. The Kier molecular flexibility index (Phi) is 6.47. The van der Waals surface area contributed by atoms with Gasteiger partial charge in [-0.1, -0.05) is 31.3 Å². The molecule has 0 spiro atoms. The number of oxime groups is 1. The lowest BCUT2D eigenvalue weighted by Gasteiger charge is -2.39. The number of hydrogen-bond donors (Lipinski definition) is 2. The van der Waals surface area contributed by atoms with E-state index in [0.29, 0.717) is 24.3 Å². The summed E-state index contributed by atoms with van der Waals surface area (Å²) in [5, 5.41) is 11.7. The molecule has 2 unspecified atom stereocenters. The van der Waals surface area contributed by atoms with Crippen LogP contribution in [-0.2, 0) is 0 Å². The first kappa shape index (κ1) is 15.3. The normalized spacial score (nSPS) is 25.9. The van der Waals surface area contributed by atoms with Gasteiger partial charge in [-0.15, -0.1) is 0 Å². The largest absolute Gasteiger partial charge is 0.409 e. The lowest BCUT2D eigenvalue weighted by atomic mass is 9.83. The summed E-state index contributed by atoms with van der Waals surface area (Å²) in [7, 11) is 0. The smallest absolute Gasteiger partial charge is 0.140 e. The third-order valence-electron chi connectivity index (χ3n) is 4.22. The molecule has 3 N–H and O–H groups in total. The maximum Gasteiger partial charge on any atom is 0.140 e. The van der Waals surface area contributed by atoms with E-state index in [1.807, 2.05) is 0 Å². The molecule has 4 nitrogen and oxygen atoms in total. The Bertz CT molecular complexity index is 266. The van der Waals surface area contributed by atoms with E-state index in [1.165, 1.54) is 32.1 Å². The van der Waals surface area contributed by atoms with Gasteiger partial charge in [0.15, 0.2) is 0 Å². The molecule has 2 atom stereocenters. The van der Waals surface area contributed by atoms with Crippen LogP contribution in [0.2, 0.25) is 0 Å². The van der Waals surface area contributed by atoms with Crippen molar-refractivity contribution in [3.63, 3.8) is 0 Å². The lowest BCUT2D eigenvalue weighted by molar-refractivity contribution is 0.101. The van der Waals surface area contributed by atoms with Gasteiger partial charge in [0, 0.05) is 25.0 Å². The van der Waals surface area contributed by atoms with Gasteiger partial charge in [0.25, 0.3) is 0 Å². The van der Waals surface area contributed by atoms with Crippen LogP contribution in [0.1, 0.15) is 59.3 Å². The van der Waals surface area contributed by atoms with Crippen molar-refractivity contribution in [1.29, 1.82) is 0 Å². The molecular weight excluding hydrogens is 226 g/mol. The summed E-state index contributed by atoms with van der Waals surface area (Å²) in [5.74, 6) is 1.22. The van der Waals surface area contributed by atoms with Gasteiger partial charge in [0.2, 0.25) is 0 Å². The van der Waals surface area contributed by atoms with E-state index in [4.69, 9.17) is 10.9 Å². The van der Waals surface area contributed by atoms with Gasteiger partial charge in [-0.3, -0.25) is 4.90 Å². The van der Waals surface area contributed by atoms with E-state index >= 15 is 0 Å². The summed E-state index contributed by atoms with van der Waals surface area (Å²) >= 11 is 0. The molecule has 1 fully saturated rings. The molecule has 0 heterocycles. The van der Waals surface area contributed by atoms with Crippen LogP contribution in [0.4, 0.5) is 0 Å². The van der Waals surface area contributed by atoms with Crippen molar-refractivity contribution in [2.75, 3.05) is 6.54 Å². The molecule has 1 rings (SSSR count). The van der Waals surface area contributed by atoms with E-state index in [0.717, 1.165) is 12.5 Å². The monoisotopic (exact) mass is 255 g/mol. The highest BCUT2D eigenvalue weighted by Gasteiger charge is 2.27. The second-order valence-electron chi connectivity index (χ2n) is 5.77. The zero-order chi connectivity index (χ0) is 13.5. The summed E-state index contributed by atoms with van der Waals surface area (Å²) < 4.78 is 0. The number of rotatable bonds is 6. The van der Waals surface area contributed by atoms with Crippen molar-refractivity contribution >= 4 is 5.84 Å². The molecule has 1 saturated carbocycles. The van der Waals surface area contributed by atoms with Crippen molar-refractivity contribution < 1.29 is 5.21 Å². The molecule has 0 saturated heterocycles. The number of nitrogens with two attached hydrogens (primary N) is 1. The summed E-state index contributed by atoms with van der Waals surface area (Å²) in [4.78, 5) is 2.53. The SMILES string of the molecule is CCC1CCCC(N(CCC(N)=NO)C(C)C)C1. The molecule has 1 aliphatic carbocycles. The average Bonchev–Trinajstić information content (AvgIpc) is 2.38. The van der Waals surface area contributed by atoms with Gasteiger partial charge in [0.1, 0.15) is 5.84 Å². The Balaban J connectivity index is 2.55. The zero-order valence-electron chi connectivity index (χ0n) is 12.1. The summed E-state index contributed by atoms with van der Waals surface area (Å²) in [6.07, 6.45) is 7.29. The molecule has 0 bridgehead atoms. The van der Waals surface area contributed by atoms with Crippen molar-refractivity contribution in [3.05, 3.63) is 0 Å². The standard InChI is InChI=1S/C14H29N3O/c1-4-12-6-5-7-13(10-12)17(11(2)3)9-8-14(15)16-18/h11-13,18H,4-10H2,1-3H3,(H2,15,16). The third kappa shape index (κ3) is 4.48. The molecule has 18 heavy (non-hydrogen) atoms. The zero-order valence-corrected chi connectivity index (χ0v) is 12.1. The Morgan fingerprint density at radius 2 is 2.17 bits per heavy atom. The Morgan fingerprint density at radius 1 is 1.44 bits per heavy atom. The van der Waals surface area contributed by atoms with Gasteiger partial charge in [-0.25, -0.2) is 0 Å². The Hall–Kier alpha value is -0.770. The fourth-order valence-electron chi connectivity index (χ4n) is 3.09. The van der Waals surface area contributed by atoms with Crippen molar-refractivity contribution in [2.24, 2.45) is 16.8 Å². The quantitative estimate of drug-likeness (QED) is 0.332. The van der Waals surface area contributed by atoms with Gasteiger partial charge in [0.05, 0.1) is 0 Å². The Morgan fingerprint density at radius 3 is 2.72 bits per heavy atom. The van der Waals surface area contributed by atoms with Crippen LogP contribution in [0.3, 0.4) is 0 Å². The number of nitrogens with zero attached hydrogens (tertiary/aromatic N) is 2. The fraction of sp³-hybridized carbons (Fsp3) is 0.929. The molecule has 0 radical (unpaired) electrons. The lowest BCUT2D eigenvalue weighted by Crippen LogP contribution is -2.44. The van der Waals surface area contributed by atoms with E-state index in [2.05, 4.69) is 30.8 Å². The van der Waals surface area contributed by atoms with Gasteiger partial charge < -0.3 is 10.9 Å². The van der Waals surface area contributed by atoms with Crippen LogP contribution in [0.5, 0.6) is 0 Å². The molecule has 0 aromatic rings.